The van der Waals surface area contributed by atoms with E-state index >= 15 is 0 Å². The molecule has 0 amide bonds. The van der Waals surface area contributed by atoms with E-state index in [1.165, 1.54) is 70.2 Å². The number of halogens is 2. The number of ether oxygens (including phenoxy) is 1. The third-order valence-corrected chi connectivity index (χ3v) is 9.49. The maximum Gasteiger partial charge on any atom is 0.316 e. The number of fused-ring (bicyclic) bond motifs is 1. The van der Waals surface area contributed by atoms with Gasteiger partial charge in [0, 0.05) is 27.6 Å². The van der Waals surface area contributed by atoms with Crippen LogP contribution in [0.1, 0.15) is 0 Å². The lowest BCUT2D eigenvalue weighted by Gasteiger charge is -2.13. The van der Waals surface area contributed by atoms with Gasteiger partial charge in [0.15, 0.2) is 0 Å². The summed E-state index contributed by atoms with van der Waals surface area (Å²) >= 11 is 11.6. The number of hydrogen-bond acceptors (Lipinski definition) is 7. The van der Waals surface area contributed by atoms with Crippen molar-refractivity contribution in [3.8, 4) is 27.4 Å². The highest BCUT2D eigenvalue weighted by Crippen LogP contribution is 2.48. The molecule has 194 valence electrons. The molecule has 0 fully saturated rings. The van der Waals surface area contributed by atoms with Gasteiger partial charge in [0.25, 0.3) is 10.0 Å². The van der Waals surface area contributed by atoms with E-state index < -0.39 is 10.0 Å². The second kappa shape index (κ2) is 11.7. The third-order valence-electron chi connectivity index (χ3n) is 5.37. The molecule has 1 N–H and O–H groups in total. The average Bonchev–Trinajstić information content (AvgIpc) is 3.66. The number of esters is 1. The normalized spacial score (nSPS) is 11.0. The summed E-state index contributed by atoms with van der Waals surface area (Å²) in [4.78, 5) is 14.4. The molecular weight excluding hydrogens is 632 g/mol. The smallest absolute Gasteiger partial charge is 0.316 e. The molecule has 0 radical (unpaired) electrons. The largest absolute Gasteiger partial charge is 0.508 e. The Hall–Kier alpha value is -3.14. The van der Waals surface area contributed by atoms with Crippen LogP contribution in [0.5, 0.6) is 5.75 Å². The van der Waals surface area contributed by atoms with Crippen LogP contribution < -0.4 is 0 Å². The zero-order chi connectivity index (χ0) is 27.4. The number of methoxy groups -OCH3 is 1. The molecule has 0 saturated heterocycles. The molecule has 0 bridgehead atoms. The second-order valence-electron chi connectivity index (χ2n) is 7.59. The van der Waals surface area contributed by atoms with Gasteiger partial charge in [-0.05, 0) is 53.2 Å². The van der Waals surface area contributed by atoms with Crippen molar-refractivity contribution in [2.45, 2.75) is 4.90 Å². The summed E-state index contributed by atoms with van der Waals surface area (Å²) in [5, 5.41) is 15.7. The van der Waals surface area contributed by atoms with Crippen molar-refractivity contribution in [1.82, 2.24) is 3.97 Å². The number of aromatic nitrogens is 1. The number of carbonyl (C=O) groups excluding carboxylic acids is 1. The van der Waals surface area contributed by atoms with E-state index in [0.29, 0.717) is 37.7 Å². The Balaban J connectivity index is 0.000000505. The average molecular weight is 650 g/mol. The number of nitrogens with zero attached hydrogens (tertiary/aromatic N) is 2. The van der Waals surface area contributed by atoms with Crippen molar-refractivity contribution in [1.29, 1.82) is 0 Å². The number of aromatic hydroxyl groups is 1. The van der Waals surface area contributed by atoms with Crippen molar-refractivity contribution < 1.29 is 23.1 Å². The number of hydrogen-bond donors (Lipinski definition) is 1. The minimum absolute atomic E-state index is 0.0532. The van der Waals surface area contributed by atoms with Gasteiger partial charge in [0.05, 0.1) is 34.7 Å². The summed E-state index contributed by atoms with van der Waals surface area (Å²) < 4.78 is 33.3. The van der Waals surface area contributed by atoms with Crippen molar-refractivity contribution >= 4 is 82.1 Å². The molecule has 0 atom stereocenters. The maximum atomic E-state index is 13.9. The summed E-state index contributed by atoms with van der Waals surface area (Å²) in [6, 6.07) is 16.1. The Kier molecular flexibility index (Phi) is 8.60. The maximum absolute atomic E-state index is 13.9. The van der Waals surface area contributed by atoms with Gasteiger partial charge < -0.3 is 9.84 Å². The van der Waals surface area contributed by atoms with Gasteiger partial charge in [-0.2, -0.15) is 11.3 Å². The molecule has 0 spiro atoms. The number of thiophene rings is 2. The lowest BCUT2D eigenvalue weighted by molar-refractivity contribution is -0.137. The first-order valence-electron chi connectivity index (χ1n) is 10.7. The molecule has 2 aromatic carbocycles. The van der Waals surface area contributed by atoms with E-state index in [1.54, 1.807) is 6.07 Å². The van der Waals surface area contributed by atoms with Crippen LogP contribution in [0.25, 0.3) is 37.4 Å². The number of phenols is 1. The minimum Gasteiger partial charge on any atom is -0.508 e. The first-order chi connectivity index (χ1) is 18.2. The fraction of sp³-hybridized carbons (Fsp3) is 0.0769. The lowest BCUT2D eigenvalue weighted by Crippen LogP contribution is -2.14. The Bertz CT molecular complexity index is 1750. The van der Waals surface area contributed by atoms with Crippen LogP contribution in [0.2, 0.25) is 5.02 Å². The summed E-state index contributed by atoms with van der Waals surface area (Å²) in [7, 11) is -2.72. The van der Waals surface area contributed by atoms with Gasteiger partial charge in [0.2, 0.25) is 5.00 Å². The first kappa shape index (κ1) is 27.9. The molecule has 5 rings (SSSR count). The predicted molar refractivity (Wildman–Crippen MR) is 156 cm³/mol. The van der Waals surface area contributed by atoms with Crippen LogP contribution in [0.15, 0.2) is 76.3 Å². The summed E-state index contributed by atoms with van der Waals surface area (Å²) in [5.41, 5.74) is 2.10. The molecule has 0 aliphatic carbocycles. The molecule has 5 aromatic rings. The zero-order valence-electron chi connectivity index (χ0n) is 19.6. The Morgan fingerprint density at radius 3 is 2.45 bits per heavy atom. The second-order valence-corrected chi connectivity index (χ2v) is 12.2. The topological polar surface area (TPSA) is 90.0 Å². The van der Waals surface area contributed by atoms with E-state index in [4.69, 9.17) is 18.2 Å². The molecule has 12 heteroatoms. The van der Waals surface area contributed by atoms with E-state index in [1.807, 2.05) is 29.0 Å². The number of carbonyl (C=O) groups is 1. The van der Waals surface area contributed by atoms with Gasteiger partial charge in [-0.25, -0.2) is 17.2 Å². The molecule has 38 heavy (non-hydrogen) atoms. The highest BCUT2D eigenvalue weighted by molar-refractivity contribution is 9.09. The van der Waals surface area contributed by atoms with E-state index in [-0.39, 0.29) is 21.9 Å². The van der Waals surface area contributed by atoms with Crippen LogP contribution in [0.4, 0.5) is 5.00 Å². The van der Waals surface area contributed by atoms with Gasteiger partial charge in [0.1, 0.15) is 11.1 Å². The molecular formula is C26H18BrClN2O5S3. The van der Waals surface area contributed by atoms with E-state index in [2.05, 4.69) is 25.5 Å². The van der Waals surface area contributed by atoms with Crippen LogP contribution in [-0.2, 0) is 19.6 Å². The molecule has 3 aromatic heterocycles. The van der Waals surface area contributed by atoms with E-state index in [9.17, 15) is 18.3 Å². The molecule has 7 nitrogen and oxygen atoms in total. The van der Waals surface area contributed by atoms with Crippen molar-refractivity contribution in [2.75, 3.05) is 12.4 Å². The summed E-state index contributed by atoms with van der Waals surface area (Å²) in [6.45, 7) is 7.58. The minimum atomic E-state index is -4.07. The highest BCUT2D eigenvalue weighted by Gasteiger charge is 2.30. The Morgan fingerprint density at radius 2 is 1.87 bits per heavy atom. The van der Waals surface area contributed by atoms with Gasteiger partial charge in [-0.3, -0.25) is 4.79 Å². The Labute approximate surface area is 240 Å². The molecule has 3 heterocycles. The van der Waals surface area contributed by atoms with Gasteiger partial charge >= 0.3 is 5.97 Å². The summed E-state index contributed by atoms with van der Waals surface area (Å²) in [5.74, 6) is -0.294. The van der Waals surface area contributed by atoms with Crippen molar-refractivity contribution in [3.05, 3.63) is 87.9 Å². The number of alkyl halides is 1. The standard InChI is InChI=1S/C23H13ClN2O3S3.C3H5BrO2/c1-25-23-18(10-12-31-23)21-17-9-6-15(27)13-19(17)26(22(21)20-3-2-11-30-20)32(28,29)16-7-4-14(24)5-8-16;1-6-3(5)2-4/h2-13,27H;2H2,1H3. The summed E-state index contributed by atoms with van der Waals surface area (Å²) in [6.07, 6.45) is 0. The first-order valence-corrected chi connectivity index (χ1v) is 15.4. The predicted octanol–water partition coefficient (Wildman–Crippen LogP) is 7.80. The highest BCUT2D eigenvalue weighted by atomic mass is 79.9. The molecule has 0 aliphatic rings. The van der Waals surface area contributed by atoms with Crippen LogP contribution in [0, 0.1) is 6.57 Å². The third kappa shape index (κ3) is 5.36. The molecule has 0 aliphatic heterocycles. The lowest BCUT2D eigenvalue weighted by atomic mass is 10.0. The SMILES string of the molecule is COC(=O)CBr.[C-]#[N+]c1sccc1-c1c(-c2cccs2)n(S(=O)(=O)c2ccc(Cl)cc2)c2cc(O)ccc12. The van der Waals surface area contributed by atoms with Crippen molar-refractivity contribution in [3.63, 3.8) is 0 Å². The zero-order valence-corrected chi connectivity index (χ0v) is 24.4. The van der Waals surface area contributed by atoms with Gasteiger partial charge in [-0.1, -0.05) is 39.7 Å². The van der Waals surface area contributed by atoms with E-state index in [0.717, 1.165) is 4.88 Å². The number of phenolic OH excluding ortho intramolecular Hbond substituents is 1. The Morgan fingerprint density at radius 1 is 1.13 bits per heavy atom. The fourth-order valence-electron chi connectivity index (χ4n) is 3.75. The molecule has 0 saturated carbocycles. The van der Waals surface area contributed by atoms with Crippen LogP contribution in [0.3, 0.4) is 0 Å². The monoisotopic (exact) mass is 648 g/mol. The van der Waals surface area contributed by atoms with Crippen LogP contribution >= 0.6 is 50.2 Å². The van der Waals surface area contributed by atoms with Crippen molar-refractivity contribution in [2.24, 2.45) is 0 Å². The van der Waals surface area contributed by atoms with Gasteiger partial charge in [-0.15, -0.1) is 11.3 Å². The van der Waals surface area contributed by atoms with Crippen LogP contribution in [-0.4, -0.2) is 35.9 Å². The number of rotatable bonds is 5. The quantitative estimate of drug-likeness (QED) is 0.119. The molecule has 0 unspecified atom stereocenters. The number of benzene rings is 2. The fourth-order valence-corrected chi connectivity index (χ4v) is 7.14.